The monoisotopic (exact) mass is 467 g/mol. The molecule has 2 fully saturated rings. The minimum atomic E-state index is -0.331. The van der Waals surface area contributed by atoms with Crippen LogP contribution in [-0.2, 0) is 9.53 Å². The number of rotatable bonds is 6. The summed E-state index contributed by atoms with van der Waals surface area (Å²) in [5, 5.41) is 14.3. The second kappa shape index (κ2) is 10.4. The lowest BCUT2D eigenvalue weighted by Gasteiger charge is -2.32. The van der Waals surface area contributed by atoms with Crippen LogP contribution in [0, 0.1) is 17.2 Å². The molecule has 0 atom stereocenters. The average Bonchev–Trinajstić information content (AvgIpc) is 3.34. The number of allylic oxidation sites excluding steroid dienone is 1. The number of piperidine rings is 1. The third-order valence-corrected chi connectivity index (χ3v) is 6.59. The SMILES string of the molecule is N#CC=Cc1cnc(N2CCC(C(N)=O)CC2)c(NC(=O)c2csc(N3CCOCC3)n2)c1. The fourth-order valence-corrected chi connectivity index (χ4v) is 4.73. The smallest absolute Gasteiger partial charge is 0.275 e. The molecule has 3 N–H and O–H groups in total. The molecule has 2 aromatic heterocycles. The van der Waals surface area contributed by atoms with Crippen molar-refractivity contribution in [1.82, 2.24) is 9.97 Å². The first-order valence-electron chi connectivity index (χ1n) is 10.7. The summed E-state index contributed by atoms with van der Waals surface area (Å²) >= 11 is 1.43. The van der Waals surface area contributed by atoms with E-state index in [1.807, 2.05) is 11.0 Å². The first kappa shape index (κ1) is 22.7. The van der Waals surface area contributed by atoms with Gasteiger partial charge in [0.05, 0.1) is 25.0 Å². The maximum Gasteiger partial charge on any atom is 0.275 e. The summed E-state index contributed by atoms with van der Waals surface area (Å²) < 4.78 is 5.38. The van der Waals surface area contributed by atoms with Crippen LogP contribution in [0.2, 0.25) is 0 Å². The number of amides is 2. The number of ether oxygens (including phenoxy) is 1. The molecule has 0 radical (unpaired) electrons. The number of nitrogens with one attached hydrogen (secondary N) is 1. The number of nitrogens with two attached hydrogens (primary N) is 1. The van der Waals surface area contributed by atoms with Crippen molar-refractivity contribution >= 4 is 45.9 Å². The fourth-order valence-electron chi connectivity index (χ4n) is 3.87. The number of pyridine rings is 1. The quantitative estimate of drug-likeness (QED) is 0.614. The van der Waals surface area contributed by atoms with Crippen molar-refractivity contribution in [3.63, 3.8) is 0 Å². The van der Waals surface area contributed by atoms with Crippen LogP contribution in [0.25, 0.3) is 6.08 Å². The van der Waals surface area contributed by atoms with Gasteiger partial charge < -0.3 is 25.6 Å². The number of carbonyl (C=O) groups is 2. The van der Waals surface area contributed by atoms with Gasteiger partial charge in [-0.05, 0) is 30.5 Å². The van der Waals surface area contributed by atoms with Crippen molar-refractivity contribution in [1.29, 1.82) is 5.26 Å². The number of hydrogen-bond acceptors (Lipinski definition) is 9. The Morgan fingerprint density at radius 3 is 2.70 bits per heavy atom. The van der Waals surface area contributed by atoms with E-state index in [4.69, 9.17) is 15.7 Å². The Kier molecular flexibility index (Phi) is 7.16. The molecule has 4 rings (SSSR count). The Balaban J connectivity index is 1.54. The fraction of sp³-hybridized carbons (Fsp3) is 0.409. The van der Waals surface area contributed by atoms with E-state index in [0.717, 1.165) is 18.2 Å². The van der Waals surface area contributed by atoms with Crippen molar-refractivity contribution in [2.75, 3.05) is 54.5 Å². The summed E-state index contributed by atoms with van der Waals surface area (Å²) in [6.45, 7) is 4.00. The third-order valence-electron chi connectivity index (χ3n) is 5.69. The van der Waals surface area contributed by atoms with Gasteiger partial charge in [0.15, 0.2) is 10.9 Å². The number of morpholine rings is 1. The van der Waals surface area contributed by atoms with Gasteiger partial charge in [0.2, 0.25) is 5.91 Å². The topological polar surface area (TPSA) is 137 Å². The van der Waals surface area contributed by atoms with E-state index < -0.39 is 0 Å². The van der Waals surface area contributed by atoms with Crippen LogP contribution < -0.4 is 20.9 Å². The van der Waals surface area contributed by atoms with Crippen LogP contribution in [0.3, 0.4) is 0 Å². The molecule has 0 bridgehead atoms. The van der Waals surface area contributed by atoms with E-state index in [9.17, 15) is 9.59 Å². The Morgan fingerprint density at radius 2 is 2.00 bits per heavy atom. The van der Waals surface area contributed by atoms with Crippen LogP contribution in [0.1, 0.15) is 28.9 Å². The summed E-state index contributed by atoms with van der Waals surface area (Å²) in [6.07, 6.45) is 5.91. The van der Waals surface area contributed by atoms with Crippen molar-refractivity contribution < 1.29 is 14.3 Å². The van der Waals surface area contributed by atoms with E-state index in [0.29, 0.717) is 61.9 Å². The van der Waals surface area contributed by atoms with Crippen molar-refractivity contribution in [2.24, 2.45) is 11.7 Å². The highest BCUT2D eigenvalue weighted by Crippen LogP contribution is 2.30. The van der Waals surface area contributed by atoms with Gasteiger partial charge in [0.25, 0.3) is 5.91 Å². The number of nitriles is 1. The number of nitrogens with zero attached hydrogens (tertiary/aromatic N) is 5. The molecule has 2 aliphatic heterocycles. The Bertz CT molecular complexity index is 1080. The zero-order chi connectivity index (χ0) is 23.2. The lowest BCUT2D eigenvalue weighted by Crippen LogP contribution is -2.39. The zero-order valence-corrected chi connectivity index (χ0v) is 18.9. The van der Waals surface area contributed by atoms with Crippen molar-refractivity contribution in [3.05, 3.63) is 35.0 Å². The zero-order valence-electron chi connectivity index (χ0n) is 18.1. The van der Waals surface area contributed by atoms with Gasteiger partial charge in [0, 0.05) is 49.7 Å². The molecule has 2 aromatic rings. The number of thiazole rings is 1. The van der Waals surface area contributed by atoms with Crippen LogP contribution in [0.15, 0.2) is 23.7 Å². The number of aromatic nitrogens is 2. The van der Waals surface area contributed by atoms with Gasteiger partial charge in [-0.25, -0.2) is 9.97 Å². The van der Waals surface area contributed by atoms with E-state index >= 15 is 0 Å². The highest BCUT2D eigenvalue weighted by atomic mass is 32.1. The minimum absolute atomic E-state index is 0.147. The highest BCUT2D eigenvalue weighted by Gasteiger charge is 2.26. The molecule has 2 aliphatic rings. The van der Waals surface area contributed by atoms with Gasteiger partial charge in [-0.15, -0.1) is 11.3 Å². The molecule has 4 heterocycles. The summed E-state index contributed by atoms with van der Waals surface area (Å²) in [7, 11) is 0. The molecule has 11 heteroatoms. The van der Waals surface area contributed by atoms with Crippen LogP contribution in [0.5, 0.6) is 0 Å². The summed E-state index contributed by atoms with van der Waals surface area (Å²) in [6, 6.07) is 3.74. The van der Waals surface area contributed by atoms with Crippen LogP contribution in [0.4, 0.5) is 16.6 Å². The standard InChI is InChI=1S/C22H25N7O3S/c23-5-1-2-15-12-17(20(25-13-15)28-6-3-16(4-7-28)19(24)30)26-21(31)18-14-33-22(27-18)29-8-10-32-11-9-29/h1-2,12-14,16H,3-4,6-11H2,(H2,24,30)(H,26,31). The molecule has 172 valence electrons. The molecule has 2 saturated heterocycles. The van der Waals surface area contributed by atoms with Crippen molar-refractivity contribution in [2.45, 2.75) is 12.8 Å². The molecule has 0 aromatic carbocycles. The average molecular weight is 468 g/mol. The van der Waals surface area contributed by atoms with Gasteiger partial charge in [-0.3, -0.25) is 9.59 Å². The largest absolute Gasteiger partial charge is 0.378 e. The molecule has 0 aliphatic carbocycles. The predicted molar refractivity (Wildman–Crippen MR) is 126 cm³/mol. The number of primary amides is 1. The second-order valence-corrected chi connectivity index (χ2v) is 8.67. The van der Waals surface area contributed by atoms with E-state index in [1.165, 1.54) is 17.4 Å². The summed E-state index contributed by atoms with van der Waals surface area (Å²) in [5.41, 5.74) is 7.00. The van der Waals surface area contributed by atoms with Crippen LogP contribution >= 0.6 is 11.3 Å². The Labute approximate surface area is 195 Å². The van der Waals surface area contributed by atoms with Gasteiger partial charge in [0.1, 0.15) is 5.69 Å². The minimum Gasteiger partial charge on any atom is -0.378 e. The van der Waals surface area contributed by atoms with Crippen molar-refractivity contribution in [3.8, 4) is 6.07 Å². The predicted octanol–water partition coefficient (Wildman–Crippen LogP) is 1.87. The molecule has 0 spiro atoms. The lowest BCUT2D eigenvalue weighted by molar-refractivity contribution is -0.122. The molecule has 0 unspecified atom stereocenters. The summed E-state index contributed by atoms with van der Waals surface area (Å²) in [4.78, 5) is 37.7. The number of hydrogen-bond donors (Lipinski definition) is 2. The lowest BCUT2D eigenvalue weighted by atomic mass is 9.96. The molecule has 0 saturated carbocycles. The highest BCUT2D eigenvalue weighted by molar-refractivity contribution is 7.14. The third kappa shape index (κ3) is 5.47. The van der Waals surface area contributed by atoms with Gasteiger partial charge >= 0.3 is 0 Å². The molecule has 33 heavy (non-hydrogen) atoms. The van der Waals surface area contributed by atoms with Crippen LogP contribution in [-0.4, -0.2) is 61.2 Å². The van der Waals surface area contributed by atoms with E-state index in [-0.39, 0.29) is 17.7 Å². The first-order valence-corrected chi connectivity index (χ1v) is 11.6. The number of anilines is 3. The maximum atomic E-state index is 13.0. The summed E-state index contributed by atoms with van der Waals surface area (Å²) in [5.74, 6) is -0.148. The molecule has 2 amide bonds. The molecular formula is C22H25N7O3S. The van der Waals surface area contributed by atoms with Gasteiger partial charge in [-0.2, -0.15) is 5.26 Å². The van der Waals surface area contributed by atoms with E-state index in [1.54, 1.807) is 23.7 Å². The van der Waals surface area contributed by atoms with E-state index in [2.05, 4.69) is 20.2 Å². The second-order valence-electron chi connectivity index (χ2n) is 7.83. The maximum absolute atomic E-state index is 13.0. The van der Waals surface area contributed by atoms with Gasteiger partial charge in [-0.1, -0.05) is 0 Å². The number of carbonyl (C=O) groups excluding carboxylic acids is 2. The normalized spacial score (nSPS) is 17.2. The first-order chi connectivity index (χ1) is 16.0. The molecular weight excluding hydrogens is 442 g/mol. The Hall–Kier alpha value is -3.49. The Morgan fingerprint density at radius 1 is 1.24 bits per heavy atom. The molecule has 10 nitrogen and oxygen atoms in total.